The first-order valence-electron chi connectivity index (χ1n) is 7.29. The fourth-order valence-electron chi connectivity index (χ4n) is 3.90. The topological polar surface area (TPSA) is 86.6 Å². The van der Waals surface area contributed by atoms with Crippen LogP contribution in [-0.4, -0.2) is 36.4 Å². The fraction of sp³-hybridized carbons (Fsp3) is 0.467. The number of thiophene rings is 1. The Labute approximate surface area is 132 Å². The molecule has 22 heavy (non-hydrogen) atoms. The lowest BCUT2D eigenvalue weighted by Crippen LogP contribution is -2.56. The van der Waals surface area contributed by atoms with Crippen molar-refractivity contribution in [3.8, 4) is 0 Å². The summed E-state index contributed by atoms with van der Waals surface area (Å²) in [6, 6.07) is 7.36. The fourth-order valence-corrected chi connectivity index (χ4v) is 6.85. The Bertz CT molecular complexity index is 831. The summed E-state index contributed by atoms with van der Waals surface area (Å²) in [6.45, 7) is 0. The summed E-state index contributed by atoms with van der Waals surface area (Å²) >= 11 is 1.39. The van der Waals surface area contributed by atoms with E-state index in [4.69, 9.17) is 0 Å². The lowest BCUT2D eigenvalue weighted by atomic mass is 9.90. The van der Waals surface area contributed by atoms with E-state index in [1.165, 1.54) is 11.3 Å². The Morgan fingerprint density at radius 1 is 1.27 bits per heavy atom. The van der Waals surface area contributed by atoms with E-state index in [0.717, 1.165) is 11.1 Å². The standard InChI is InChI=1S/C15H17NO4S2/c17-13-9-5-6-15(7-9,14(13)18)16-22(19,20)12-8-21-11-4-2-1-3-10(11)12/h1-4,8-9,13-14,16-18H,5-7H2/t9?,13-,14-,15?/m0/s1. The highest BCUT2D eigenvalue weighted by Crippen LogP contribution is 2.48. The maximum absolute atomic E-state index is 12.8. The number of hydrogen-bond acceptors (Lipinski definition) is 5. The first-order valence-corrected chi connectivity index (χ1v) is 9.66. The lowest BCUT2D eigenvalue weighted by molar-refractivity contribution is -0.0283. The van der Waals surface area contributed by atoms with Crippen molar-refractivity contribution in [2.24, 2.45) is 5.92 Å². The third kappa shape index (κ3) is 1.97. The number of benzene rings is 1. The molecule has 0 spiro atoms. The molecule has 2 saturated carbocycles. The third-order valence-electron chi connectivity index (χ3n) is 5.03. The van der Waals surface area contributed by atoms with E-state index in [1.807, 2.05) is 18.2 Å². The van der Waals surface area contributed by atoms with Crippen LogP contribution in [0.5, 0.6) is 0 Å². The summed E-state index contributed by atoms with van der Waals surface area (Å²) in [5.74, 6) is -0.0167. The van der Waals surface area contributed by atoms with Gasteiger partial charge < -0.3 is 10.2 Å². The highest BCUT2D eigenvalue weighted by atomic mass is 32.2. The van der Waals surface area contributed by atoms with Gasteiger partial charge in [0.25, 0.3) is 0 Å². The first kappa shape index (κ1) is 14.6. The van der Waals surface area contributed by atoms with Crippen LogP contribution in [0.25, 0.3) is 10.1 Å². The molecule has 0 aliphatic heterocycles. The van der Waals surface area contributed by atoms with E-state index in [2.05, 4.69) is 4.72 Å². The predicted molar refractivity (Wildman–Crippen MR) is 84.2 cm³/mol. The summed E-state index contributed by atoms with van der Waals surface area (Å²) in [5, 5.41) is 22.5. The highest BCUT2D eigenvalue weighted by Gasteiger charge is 2.58. The van der Waals surface area contributed by atoms with E-state index < -0.39 is 27.8 Å². The van der Waals surface area contributed by atoms with E-state index in [-0.39, 0.29) is 10.8 Å². The van der Waals surface area contributed by atoms with Gasteiger partial charge in [-0.1, -0.05) is 18.2 Å². The van der Waals surface area contributed by atoms with Crippen molar-refractivity contribution in [3.05, 3.63) is 29.6 Å². The van der Waals surface area contributed by atoms with Crippen LogP contribution in [0, 0.1) is 5.92 Å². The van der Waals surface area contributed by atoms with Gasteiger partial charge in [0.15, 0.2) is 0 Å². The van der Waals surface area contributed by atoms with Gasteiger partial charge in [-0.05, 0) is 31.2 Å². The van der Waals surface area contributed by atoms with Gasteiger partial charge >= 0.3 is 0 Å². The summed E-state index contributed by atoms with van der Waals surface area (Å²) in [6.07, 6.45) is -0.0690. The van der Waals surface area contributed by atoms with Gasteiger partial charge in [0.05, 0.1) is 17.7 Å². The third-order valence-corrected chi connectivity index (χ3v) is 7.74. The van der Waals surface area contributed by atoms with E-state index in [0.29, 0.717) is 18.2 Å². The minimum atomic E-state index is -3.74. The quantitative estimate of drug-likeness (QED) is 0.790. The molecule has 2 aromatic rings. The SMILES string of the molecule is O=S(=O)(NC12CCC(C1)[C@H](O)[C@@H]2O)c1csc2ccccc12. The van der Waals surface area contributed by atoms with Crippen molar-refractivity contribution in [2.75, 3.05) is 0 Å². The van der Waals surface area contributed by atoms with E-state index >= 15 is 0 Å². The van der Waals surface area contributed by atoms with Crippen molar-refractivity contribution >= 4 is 31.4 Å². The Kier molecular flexibility index (Phi) is 3.15. The minimum absolute atomic E-state index is 0.0167. The summed E-state index contributed by atoms with van der Waals surface area (Å²) in [4.78, 5) is 0.250. The molecule has 5 nitrogen and oxygen atoms in total. The number of aliphatic hydroxyl groups is 2. The molecule has 2 fully saturated rings. The smallest absolute Gasteiger partial charge is 0.242 e. The average molecular weight is 339 g/mol. The van der Waals surface area contributed by atoms with Gasteiger partial charge in [0.1, 0.15) is 4.90 Å². The molecule has 118 valence electrons. The van der Waals surface area contributed by atoms with Crippen LogP contribution < -0.4 is 4.72 Å². The summed E-state index contributed by atoms with van der Waals surface area (Å²) in [7, 11) is -3.74. The molecule has 3 N–H and O–H groups in total. The number of hydrogen-bond donors (Lipinski definition) is 3. The van der Waals surface area contributed by atoms with E-state index in [9.17, 15) is 18.6 Å². The average Bonchev–Trinajstić information content (AvgIpc) is 3.14. The number of nitrogens with one attached hydrogen (secondary N) is 1. The van der Waals surface area contributed by atoms with E-state index in [1.54, 1.807) is 11.4 Å². The van der Waals surface area contributed by atoms with Crippen LogP contribution in [0.2, 0.25) is 0 Å². The molecule has 2 aliphatic rings. The molecule has 2 aliphatic carbocycles. The van der Waals surface area contributed by atoms with Crippen molar-refractivity contribution in [2.45, 2.75) is 41.9 Å². The van der Waals surface area contributed by atoms with Gasteiger partial charge in [-0.3, -0.25) is 0 Å². The Hall–Kier alpha value is -0.990. The molecule has 0 amide bonds. The molecule has 7 heteroatoms. The zero-order valence-corrected chi connectivity index (χ0v) is 13.4. The second kappa shape index (κ2) is 4.75. The Balaban J connectivity index is 1.73. The van der Waals surface area contributed by atoms with Crippen LogP contribution in [0.4, 0.5) is 0 Å². The maximum Gasteiger partial charge on any atom is 0.242 e. The van der Waals surface area contributed by atoms with Crippen molar-refractivity contribution in [3.63, 3.8) is 0 Å². The molecular weight excluding hydrogens is 322 g/mol. The normalized spacial score (nSPS) is 34.5. The van der Waals surface area contributed by atoms with Crippen LogP contribution >= 0.6 is 11.3 Å². The van der Waals surface area contributed by atoms with Gasteiger partial charge in [-0.2, -0.15) is 0 Å². The molecule has 1 aromatic heterocycles. The van der Waals surface area contributed by atoms with Crippen LogP contribution in [0.1, 0.15) is 19.3 Å². The van der Waals surface area contributed by atoms with Gasteiger partial charge in [-0.15, -0.1) is 11.3 Å². The van der Waals surface area contributed by atoms with Gasteiger partial charge in [0.2, 0.25) is 10.0 Å². The van der Waals surface area contributed by atoms with Crippen LogP contribution in [0.15, 0.2) is 34.5 Å². The molecule has 0 radical (unpaired) electrons. The molecule has 4 atom stereocenters. The zero-order valence-electron chi connectivity index (χ0n) is 11.8. The number of fused-ring (bicyclic) bond motifs is 3. The molecule has 2 unspecified atom stereocenters. The van der Waals surface area contributed by atoms with Crippen molar-refractivity contribution < 1.29 is 18.6 Å². The Morgan fingerprint density at radius 3 is 2.77 bits per heavy atom. The van der Waals surface area contributed by atoms with Gasteiger partial charge in [-0.25, -0.2) is 13.1 Å². The molecule has 2 bridgehead atoms. The zero-order chi connectivity index (χ0) is 15.5. The molecule has 1 aromatic carbocycles. The predicted octanol–water partition coefficient (Wildman–Crippen LogP) is 1.45. The highest BCUT2D eigenvalue weighted by molar-refractivity contribution is 7.90. The number of aliphatic hydroxyl groups excluding tert-OH is 2. The largest absolute Gasteiger partial charge is 0.390 e. The molecule has 1 heterocycles. The maximum atomic E-state index is 12.8. The summed E-state index contributed by atoms with van der Waals surface area (Å²) in [5.41, 5.74) is -0.925. The van der Waals surface area contributed by atoms with Crippen molar-refractivity contribution in [1.82, 2.24) is 4.72 Å². The molecular formula is C15H17NO4S2. The molecule has 4 rings (SSSR count). The van der Waals surface area contributed by atoms with Crippen LogP contribution in [0.3, 0.4) is 0 Å². The Morgan fingerprint density at radius 2 is 2.05 bits per heavy atom. The summed E-state index contributed by atoms with van der Waals surface area (Å²) < 4.78 is 29.2. The minimum Gasteiger partial charge on any atom is -0.390 e. The number of rotatable bonds is 3. The number of sulfonamides is 1. The molecule has 0 saturated heterocycles. The second-order valence-electron chi connectivity index (χ2n) is 6.30. The van der Waals surface area contributed by atoms with Crippen LogP contribution in [-0.2, 0) is 10.0 Å². The van der Waals surface area contributed by atoms with Crippen molar-refractivity contribution in [1.29, 1.82) is 0 Å². The van der Waals surface area contributed by atoms with Gasteiger partial charge in [0, 0.05) is 15.5 Å². The monoisotopic (exact) mass is 339 g/mol. The lowest BCUT2D eigenvalue weighted by Gasteiger charge is -2.34. The first-order chi connectivity index (χ1) is 10.4. The second-order valence-corrected chi connectivity index (χ2v) is 8.86.